The summed E-state index contributed by atoms with van der Waals surface area (Å²) in [6.07, 6.45) is -4.83. The monoisotopic (exact) mass is 501 g/mol. The van der Waals surface area contributed by atoms with Crippen LogP contribution in [0, 0.1) is 10.1 Å². The zero-order valence-electron chi connectivity index (χ0n) is 18.0. The maximum Gasteiger partial charge on any atom is 0.489 e. The van der Waals surface area contributed by atoms with Crippen LogP contribution in [0.5, 0.6) is 0 Å². The number of nitro benzene ring substituents is 1. The predicted molar refractivity (Wildman–Crippen MR) is 121 cm³/mol. The van der Waals surface area contributed by atoms with Crippen molar-refractivity contribution in [1.82, 2.24) is 15.6 Å². The summed E-state index contributed by atoms with van der Waals surface area (Å²) in [7, 11) is -2.31. The van der Waals surface area contributed by atoms with Gasteiger partial charge in [0.2, 0.25) is 5.52 Å². The fourth-order valence-corrected chi connectivity index (χ4v) is 3.50. The first-order valence-electron chi connectivity index (χ1n) is 10.2. The number of fused-ring (bicyclic) bond motifs is 1. The molecule has 0 aliphatic heterocycles. The van der Waals surface area contributed by atoms with Crippen molar-refractivity contribution < 1.29 is 37.6 Å². The van der Waals surface area contributed by atoms with Gasteiger partial charge in [0, 0.05) is 12.6 Å². The Bertz CT molecular complexity index is 1460. The highest BCUT2D eigenvalue weighted by molar-refractivity contribution is 6.59. The molecule has 1 aromatic heterocycles. The molecule has 11 nitrogen and oxygen atoms in total. The highest BCUT2D eigenvalue weighted by Crippen LogP contribution is 2.32. The van der Waals surface area contributed by atoms with E-state index < -0.39 is 35.2 Å². The number of carbonyl (C=O) groups excluding carboxylic acids is 1. The van der Waals surface area contributed by atoms with Gasteiger partial charge in [-0.1, -0.05) is 24.3 Å². The molecule has 4 N–H and O–H groups in total. The van der Waals surface area contributed by atoms with Gasteiger partial charge in [0.1, 0.15) is 0 Å². The van der Waals surface area contributed by atoms with Crippen molar-refractivity contribution in [3.8, 4) is 0 Å². The molecule has 1 heterocycles. The van der Waals surface area contributed by atoms with E-state index in [0.717, 1.165) is 12.1 Å². The van der Waals surface area contributed by atoms with E-state index in [1.807, 2.05) is 0 Å². The van der Waals surface area contributed by atoms with Gasteiger partial charge in [-0.25, -0.2) is 4.63 Å². The number of para-hydroxylation sites is 1. The number of benzene rings is 3. The number of anilines is 2. The van der Waals surface area contributed by atoms with Gasteiger partial charge in [0.25, 0.3) is 5.91 Å². The molecule has 0 atom stereocenters. The smallest absolute Gasteiger partial charge is 0.423 e. The van der Waals surface area contributed by atoms with Crippen LogP contribution < -0.4 is 16.1 Å². The molecular weight excluding hydrogens is 486 g/mol. The minimum Gasteiger partial charge on any atom is -0.423 e. The first-order valence-corrected chi connectivity index (χ1v) is 10.2. The molecule has 36 heavy (non-hydrogen) atoms. The first-order chi connectivity index (χ1) is 17.1. The first kappa shape index (κ1) is 24.6. The van der Waals surface area contributed by atoms with Gasteiger partial charge >= 0.3 is 19.0 Å². The zero-order valence-corrected chi connectivity index (χ0v) is 18.0. The highest BCUT2D eigenvalue weighted by atomic mass is 19.4. The molecule has 0 aliphatic carbocycles. The summed E-state index contributed by atoms with van der Waals surface area (Å²) >= 11 is 0. The number of aromatic nitrogens is 2. The average Bonchev–Trinajstić information content (AvgIpc) is 3.32. The minimum absolute atomic E-state index is 0.0604. The summed E-state index contributed by atoms with van der Waals surface area (Å²) in [5, 5.41) is 42.3. The average molecular weight is 501 g/mol. The Labute approximate surface area is 199 Å². The SMILES string of the molecule is O=C(NCc1ccc(B(O)O)c(C(F)(F)F)c1)c1ccccc1Nc1ccc([N+](=O)[O-])c2nonc12. The van der Waals surface area contributed by atoms with Crippen molar-refractivity contribution in [3.05, 3.63) is 81.4 Å². The Morgan fingerprint density at radius 1 is 1.06 bits per heavy atom. The highest BCUT2D eigenvalue weighted by Gasteiger charge is 2.36. The third-order valence-corrected chi connectivity index (χ3v) is 5.19. The molecule has 0 aliphatic rings. The second-order valence-corrected chi connectivity index (χ2v) is 7.50. The quantitative estimate of drug-likeness (QED) is 0.169. The summed E-state index contributed by atoms with van der Waals surface area (Å²) in [5.41, 5.74) is -1.53. The van der Waals surface area contributed by atoms with Gasteiger partial charge in [-0.2, -0.15) is 13.2 Å². The molecular formula is C21H15BF3N5O6. The zero-order chi connectivity index (χ0) is 26.0. The van der Waals surface area contributed by atoms with E-state index in [0.29, 0.717) is 0 Å². The Balaban J connectivity index is 1.56. The number of hydrogen-bond acceptors (Lipinski definition) is 9. The van der Waals surface area contributed by atoms with Crippen LogP contribution in [-0.2, 0) is 12.7 Å². The van der Waals surface area contributed by atoms with E-state index in [-0.39, 0.29) is 45.8 Å². The number of amides is 1. The second kappa shape index (κ2) is 9.63. The molecule has 0 saturated heterocycles. The number of alkyl halides is 3. The Kier molecular flexibility index (Phi) is 6.59. The molecule has 15 heteroatoms. The molecule has 1 amide bonds. The fourth-order valence-electron chi connectivity index (χ4n) is 3.50. The van der Waals surface area contributed by atoms with Crippen molar-refractivity contribution >= 4 is 46.6 Å². The molecule has 0 radical (unpaired) electrons. The summed E-state index contributed by atoms with van der Waals surface area (Å²) in [6.45, 7) is -0.285. The Hall–Kier alpha value is -4.50. The van der Waals surface area contributed by atoms with E-state index in [1.54, 1.807) is 18.2 Å². The van der Waals surface area contributed by atoms with Gasteiger partial charge in [0.15, 0.2) is 5.52 Å². The maximum absolute atomic E-state index is 13.3. The predicted octanol–water partition coefficient (Wildman–Crippen LogP) is 2.50. The largest absolute Gasteiger partial charge is 0.489 e. The van der Waals surface area contributed by atoms with Crippen LogP contribution in [0.25, 0.3) is 11.0 Å². The van der Waals surface area contributed by atoms with Gasteiger partial charge in [-0.3, -0.25) is 14.9 Å². The Morgan fingerprint density at radius 3 is 2.47 bits per heavy atom. The number of non-ortho nitro benzene ring substituents is 1. The molecule has 0 unspecified atom stereocenters. The van der Waals surface area contributed by atoms with Crippen LogP contribution in [0.4, 0.5) is 30.2 Å². The van der Waals surface area contributed by atoms with E-state index in [2.05, 4.69) is 25.6 Å². The fraction of sp³-hybridized carbons (Fsp3) is 0.0952. The lowest BCUT2D eigenvalue weighted by molar-refractivity contribution is -0.383. The summed E-state index contributed by atoms with van der Waals surface area (Å²) < 4.78 is 44.5. The van der Waals surface area contributed by atoms with Crippen LogP contribution >= 0.6 is 0 Å². The second-order valence-electron chi connectivity index (χ2n) is 7.50. The summed E-state index contributed by atoms with van der Waals surface area (Å²) in [5.74, 6) is -0.630. The van der Waals surface area contributed by atoms with E-state index in [4.69, 9.17) is 0 Å². The van der Waals surface area contributed by atoms with Crippen molar-refractivity contribution in [2.75, 3.05) is 5.32 Å². The van der Waals surface area contributed by atoms with Crippen molar-refractivity contribution in [1.29, 1.82) is 0 Å². The number of rotatable bonds is 7. The normalized spacial score (nSPS) is 11.4. The van der Waals surface area contributed by atoms with Crippen LogP contribution in [0.1, 0.15) is 21.5 Å². The van der Waals surface area contributed by atoms with Crippen molar-refractivity contribution in [2.24, 2.45) is 0 Å². The number of carbonyl (C=O) groups is 1. The third kappa shape index (κ3) is 4.96. The van der Waals surface area contributed by atoms with Gasteiger partial charge in [-0.15, -0.1) is 0 Å². The number of nitro groups is 1. The number of nitrogens with one attached hydrogen (secondary N) is 2. The third-order valence-electron chi connectivity index (χ3n) is 5.19. The van der Waals surface area contributed by atoms with Gasteiger partial charge in [0.05, 0.1) is 27.4 Å². The molecule has 4 rings (SSSR count). The molecule has 0 bridgehead atoms. The molecule has 0 fully saturated rings. The van der Waals surface area contributed by atoms with E-state index >= 15 is 0 Å². The number of hydrogen-bond donors (Lipinski definition) is 4. The molecule has 0 saturated carbocycles. The van der Waals surface area contributed by atoms with Crippen molar-refractivity contribution in [2.45, 2.75) is 12.7 Å². The minimum atomic E-state index is -4.83. The lowest BCUT2D eigenvalue weighted by atomic mass is 9.76. The number of nitrogens with zero attached hydrogens (tertiary/aromatic N) is 3. The molecule has 0 spiro atoms. The van der Waals surface area contributed by atoms with Crippen LogP contribution in [0.3, 0.4) is 0 Å². The van der Waals surface area contributed by atoms with Crippen LogP contribution in [0.15, 0.2) is 59.2 Å². The maximum atomic E-state index is 13.3. The summed E-state index contributed by atoms with van der Waals surface area (Å²) in [4.78, 5) is 23.4. The van der Waals surface area contributed by atoms with Crippen LogP contribution in [0.2, 0.25) is 0 Å². The van der Waals surface area contributed by atoms with E-state index in [9.17, 15) is 38.1 Å². The van der Waals surface area contributed by atoms with Gasteiger partial charge in [-0.05, 0) is 45.6 Å². The van der Waals surface area contributed by atoms with Gasteiger partial charge < -0.3 is 20.7 Å². The van der Waals surface area contributed by atoms with E-state index in [1.165, 1.54) is 24.3 Å². The standard InChI is InChI=1S/C21H15BF3N5O6/c23-21(24,25)13-9-11(5-6-14(13)22(32)33)10-26-20(31)12-3-1-2-4-15(12)27-16-7-8-17(30(34)35)19-18(16)28-36-29-19/h1-9,27,32-33H,10H2,(H,26,31). The molecule has 3 aromatic carbocycles. The summed E-state index contributed by atoms with van der Waals surface area (Å²) in [6, 6.07) is 11.7. The van der Waals surface area contributed by atoms with Crippen LogP contribution in [-0.4, -0.2) is 38.3 Å². The Morgan fingerprint density at radius 2 is 1.78 bits per heavy atom. The topological polar surface area (TPSA) is 164 Å². The molecule has 184 valence electrons. The molecule has 4 aromatic rings. The lowest BCUT2D eigenvalue weighted by Gasteiger charge is -2.15. The lowest BCUT2D eigenvalue weighted by Crippen LogP contribution is -2.36. The number of halogens is 3. The van der Waals surface area contributed by atoms with Crippen molar-refractivity contribution in [3.63, 3.8) is 0 Å².